The molecule has 1 aromatic carbocycles. The number of allylic oxidation sites excluding steroid dienone is 1. The van der Waals surface area contributed by atoms with Crippen molar-refractivity contribution >= 4 is 23.2 Å². The van der Waals surface area contributed by atoms with Crippen molar-refractivity contribution in [2.45, 2.75) is 52.4 Å². The van der Waals surface area contributed by atoms with Gasteiger partial charge in [0, 0.05) is 61.2 Å². The van der Waals surface area contributed by atoms with E-state index < -0.39 is 5.82 Å². The van der Waals surface area contributed by atoms with E-state index in [0.29, 0.717) is 5.95 Å². The van der Waals surface area contributed by atoms with E-state index in [-0.39, 0.29) is 11.1 Å². The van der Waals surface area contributed by atoms with Crippen LogP contribution in [-0.4, -0.2) is 64.0 Å². The van der Waals surface area contributed by atoms with Crippen molar-refractivity contribution in [3.05, 3.63) is 47.7 Å². The van der Waals surface area contributed by atoms with Crippen LogP contribution in [0.2, 0.25) is 0 Å². The van der Waals surface area contributed by atoms with Crippen LogP contribution in [0, 0.1) is 5.82 Å². The Balaban J connectivity index is 1.33. The summed E-state index contributed by atoms with van der Waals surface area (Å²) >= 11 is 0. The molecule has 5 rings (SSSR count). The Hall–Kier alpha value is -3.13. The highest BCUT2D eigenvalue weighted by molar-refractivity contribution is 6.00. The van der Waals surface area contributed by atoms with Crippen molar-refractivity contribution in [2.24, 2.45) is 9.98 Å². The zero-order valence-electron chi connectivity index (χ0n) is 21.1. The van der Waals surface area contributed by atoms with Gasteiger partial charge in [0.1, 0.15) is 11.5 Å². The van der Waals surface area contributed by atoms with E-state index in [1.165, 1.54) is 11.9 Å². The van der Waals surface area contributed by atoms with Crippen LogP contribution < -0.4 is 5.32 Å². The number of hydrogen-bond acceptors (Lipinski definition) is 7. The first-order valence-electron chi connectivity index (χ1n) is 12.6. The Bertz CT molecular complexity index is 1210. The number of anilines is 1. The molecule has 0 bridgehead atoms. The molecule has 0 amide bonds. The minimum absolute atomic E-state index is 0.139. The quantitative estimate of drug-likeness (QED) is 0.649. The van der Waals surface area contributed by atoms with Gasteiger partial charge in [-0.1, -0.05) is 26.8 Å². The first-order valence-corrected chi connectivity index (χ1v) is 12.6. The van der Waals surface area contributed by atoms with Crippen LogP contribution in [0.4, 0.5) is 16.0 Å². The number of hydrogen-bond donors (Lipinski definition) is 1. The summed E-state index contributed by atoms with van der Waals surface area (Å²) < 4.78 is 14.8. The fourth-order valence-electron chi connectivity index (χ4n) is 5.14. The number of amidine groups is 1. The molecule has 3 aliphatic heterocycles. The number of rotatable bonds is 5. The number of halogens is 1. The van der Waals surface area contributed by atoms with Gasteiger partial charge in [0.05, 0.1) is 11.9 Å². The molecule has 1 atom stereocenters. The number of aromatic nitrogens is 2. The number of piperazine rings is 1. The van der Waals surface area contributed by atoms with Crippen LogP contribution in [0.25, 0.3) is 11.3 Å². The third kappa shape index (κ3) is 4.47. The van der Waals surface area contributed by atoms with Crippen LogP contribution in [0.5, 0.6) is 0 Å². The van der Waals surface area contributed by atoms with Crippen molar-refractivity contribution in [3.63, 3.8) is 0 Å². The molecular weight excluding hydrogens is 441 g/mol. The first-order chi connectivity index (χ1) is 16.9. The second-order valence-corrected chi connectivity index (χ2v) is 9.75. The predicted molar refractivity (Wildman–Crippen MR) is 140 cm³/mol. The minimum Gasteiger partial charge on any atom is -0.371 e. The number of aliphatic imine (C=N–C) groups is 2. The maximum atomic E-state index is 14.8. The lowest BCUT2D eigenvalue weighted by molar-refractivity contribution is 0.161. The lowest BCUT2D eigenvalue weighted by atomic mass is 9.77. The molecule has 35 heavy (non-hydrogen) atoms. The molecule has 1 aromatic heterocycles. The van der Waals surface area contributed by atoms with Gasteiger partial charge in [-0.3, -0.25) is 4.99 Å². The Morgan fingerprint density at radius 2 is 1.91 bits per heavy atom. The van der Waals surface area contributed by atoms with Crippen molar-refractivity contribution in [3.8, 4) is 11.3 Å². The molecule has 0 spiro atoms. The molecule has 7 nitrogen and oxygen atoms in total. The normalized spacial score (nSPS) is 22.4. The number of nitrogens with zero attached hydrogens (tertiary/aromatic N) is 6. The average Bonchev–Trinajstić information content (AvgIpc) is 3.15. The molecule has 3 aliphatic rings. The molecular formula is C27H34FN7. The number of likely N-dealkylation sites (N-methyl/N-ethyl adjacent to an activating group) is 1. The average molecular weight is 476 g/mol. The molecule has 184 valence electrons. The largest absolute Gasteiger partial charge is 0.371 e. The van der Waals surface area contributed by atoms with Crippen LogP contribution >= 0.6 is 0 Å². The molecule has 8 heteroatoms. The van der Waals surface area contributed by atoms with Gasteiger partial charge in [0.25, 0.3) is 0 Å². The Morgan fingerprint density at radius 3 is 2.60 bits per heavy atom. The minimum atomic E-state index is -0.441. The lowest BCUT2D eigenvalue weighted by Crippen LogP contribution is -2.45. The maximum Gasteiger partial charge on any atom is 0.228 e. The van der Waals surface area contributed by atoms with Crippen molar-refractivity contribution < 1.29 is 4.39 Å². The highest BCUT2D eigenvalue weighted by Crippen LogP contribution is 2.44. The van der Waals surface area contributed by atoms with Gasteiger partial charge < -0.3 is 15.1 Å². The molecule has 0 saturated carbocycles. The summed E-state index contributed by atoms with van der Waals surface area (Å²) in [5.41, 5.74) is 5.33. The van der Waals surface area contributed by atoms with Crippen molar-refractivity contribution in [1.82, 2.24) is 19.8 Å². The summed E-state index contributed by atoms with van der Waals surface area (Å²) in [6.45, 7) is 14.0. The summed E-state index contributed by atoms with van der Waals surface area (Å²) in [4.78, 5) is 23.0. The number of benzene rings is 1. The predicted octanol–water partition coefficient (Wildman–Crippen LogP) is 5.14. The third-order valence-electron chi connectivity index (χ3n) is 7.87. The molecule has 1 saturated heterocycles. The maximum absolute atomic E-state index is 14.8. The highest BCUT2D eigenvalue weighted by Gasteiger charge is 2.35. The number of nitrogens with one attached hydrogen (secondary N) is 1. The Kier molecular flexibility index (Phi) is 6.40. The van der Waals surface area contributed by atoms with E-state index in [4.69, 9.17) is 4.99 Å². The van der Waals surface area contributed by atoms with Gasteiger partial charge in [-0.05, 0) is 44.0 Å². The van der Waals surface area contributed by atoms with E-state index in [0.717, 1.165) is 80.3 Å². The summed E-state index contributed by atoms with van der Waals surface area (Å²) in [5.74, 6) is 0.720. The Morgan fingerprint density at radius 1 is 1.11 bits per heavy atom. The summed E-state index contributed by atoms with van der Waals surface area (Å²) in [6.07, 6.45) is 5.82. The monoisotopic (exact) mass is 475 g/mol. The topological polar surface area (TPSA) is 69.0 Å². The first kappa shape index (κ1) is 23.6. The molecule has 0 aliphatic carbocycles. The van der Waals surface area contributed by atoms with Crippen molar-refractivity contribution in [2.75, 3.05) is 38.0 Å². The second kappa shape index (κ2) is 9.49. The summed E-state index contributed by atoms with van der Waals surface area (Å²) in [7, 11) is 0. The fraction of sp³-hybridized carbons (Fsp3) is 0.481. The van der Waals surface area contributed by atoms with E-state index in [1.54, 1.807) is 0 Å². The molecule has 4 heterocycles. The molecule has 0 radical (unpaired) electrons. The third-order valence-corrected chi connectivity index (χ3v) is 7.87. The van der Waals surface area contributed by atoms with Gasteiger partial charge >= 0.3 is 0 Å². The van der Waals surface area contributed by atoms with Gasteiger partial charge in [-0.15, -0.1) is 0 Å². The van der Waals surface area contributed by atoms with Crippen LogP contribution in [0.1, 0.15) is 52.5 Å². The zero-order valence-corrected chi connectivity index (χ0v) is 21.1. The van der Waals surface area contributed by atoms with Crippen LogP contribution in [0.15, 0.2) is 46.3 Å². The van der Waals surface area contributed by atoms with E-state index in [9.17, 15) is 4.39 Å². The Labute approximate surface area is 206 Å². The van der Waals surface area contributed by atoms with Gasteiger partial charge in [-0.25, -0.2) is 19.4 Å². The lowest BCUT2D eigenvalue weighted by Gasteiger charge is -2.37. The smallest absolute Gasteiger partial charge is 0.228 e. The molecule has 2 aromatic rings. The SMILES string of the molecule is CCN1CCN(C2=CN=C(Nc3ncc(F)c(-c4ccc5c(c4)C(C)(CC)C(C)=N5)n3)CC2)CC1. The second-order valence-electron chi connectivity index (χ2n) is 9.75. The van der Waals surface area contributed by atoms with Gasteiger partial charge in [-0.2, -0.15) is 0 Å². The standard InChI is InChI=1S/C27H34FN7/c1-5-27(4)18(3)31-23-9-7-19(15-21(23)27)25-22(28)17-30-26(33-25)32-24-10-8-20(16-29-24)35-13-11-34(6-2)12-14-35/h7,9,15-17H,5-6,8,10-14H2,1-4H3,(H,29,30,32,33). The van der Waals surface area contributed by atoms with Gasteiger partial charge in [0.15, 0.2) is 5.82 Å². The zero-order chi connectivity index (χ0) is 24.6. The van der Waals surface area contributed by atoms with E-state index in [2.05, 4.69) is 57.8 Å². The summed E-state index contributed by atoms with van der Waals surface area (Å²) in [5, 5.41) is 3.21. The van der Waals surface area contributed by atoms with Crippen molar-refractivity contribution in [1.29, 1.82) is 0 Å². The van der Waals surface area contributed by atoms with E-state index >= 15 is 0 Å². The van der Waals surface area contributed by atoms with E-state index in [1.807, 2.05) is 24.4 Å². The van der Waals surface area contributed by atoms with Gasteiger partial charge in [0.2, 0.25) is 5.95 Å². The number of fused-ring (bicyclic) bond motifs is 1. The van der Waals surface area contributed by atoms with Crippen LogP contribution in [-0.2, 0) is 5.41 Å². The molecule has 1 unspecified atom stereocenters. The highest BCUT2D eigenvalue weighted by atomic mass is 19.1. The molecule has 1 N–H and O–H groups in total. The molecule has 1 fully saturated rings. The summed E-state index contributed by atoms with van der Waals surface area (Å²) in [6, 6.07) is 5.87. The fourth-order valence-corrected chi connectivity index (χ4v) is 5.14. The van der Waals surface area contributed by atoms with Crippen LogP contribution in [0.3, 0.4) is 0 Å².